The Morgan fingerprint density at radius 2 is 2.10 bits per heavy atom. The molecular formula is C15H21NO5. The first-order valence-electron chi connectivity index (χ1n) is 6.73. The van der Waals surface area contributed by atoms with E-state index in [1.807, 2.05) is 13.8 Å². The van der Waals surface area contributed by atoms with Gasteiger partial charge in [0, 0.05) is 18.7 Å². The topological polar surface area (TPSA) is 73.9 Å². The van der Waals surface area contributed by atoms with Crippen LogP contribution < -0.4 is 14.8 Å². The average molecular weight is 295 g/mol. The minimum absolute atomic E-state index is 0.0881. The molecule has 1 amide bonds. The molecule has 0 radical (unpaired) electrons. The van der Waals surface area contributed by atoms with Crippen molar-refractivity contribution >= 4 is 12.2 Å². The number of hydrogen-bond donors (Lipinski definition) is 1. The van der Waals surface area contributed by atoms with E-state index in [0.717, 1.165) is 6.29 Å². The summed E-state index contributed by atoms with van der Waals surface area (Å²) in [5.74, 6) is 0.623. The van der Waals surface area contributed by atoms with Crippen molar-refractivity contribution in [1.29, 1.82) is 0 Å². The first-order chi connectivity index (χ1) is 10.1. The van der Waals surface area contributed by atoms with Crippen molar-refractivity contribution in [2.24, 2.45) is 0 Å². The smallest absolute Gasteiger partial charge is 0.258 e. The highest BCUT2D eigenvalue weighted by Gasteiger charge is 2.11. The molecule has 0 aromatic heterocycles. The molecule has 6 heteroatoms. The van der Waals surface area contributed by atoms with Crippen LogP contribution in [0, 0.1) is 0 Å². The lowest BCUT2D eigenvalue weighted by Gasteiger charge is -2.15. The molecule has 0 aliphatic heterocycles. The third-order valence-electron chi connectivity index (χ3n) is 2.59. The summed E-state index contributed by atoms with van der Waals surface area (Å²) in [6, 6.07) is 4.71. The van der Waals surface area contributed by atoms with Crippen molar-refractivity contribution < 1.29 is 23.8 Å². The summed E-state index contributed by atoms with van der Waals surface area (Å²) in [4.78, 5) is 22.5. The van der Waals surface area contributed by atoms with E-state index in [1.54, 1.807) is 25.3 Å². The van der Waals surface area contributed by atoms with Crippen LogP contribution in [0.3, 0.4) is 0 Å². The van der Waals surface area contributed by atoms with E-state index in [2.05, 4.69) is 5.32 Å². The first-order valence-corrected chi connectivity index (χ1v) is 6.73. The molecule has 0 spiro atoms. The van der Waals surface area contributed by atoms with E-state index in [1.165, 1.54) is 0 Å². The third-order valence-corrected chi connectivity index (χ3v) is 2.59. The number of nitrogens with one attached hydrogen (secondary N) is 1. The summed E-state index contributed by atoms with van der Waals surface area (Å²) >= 11 is 0. The Hall–Kier alpha value is -2.08. The largest absolute Gasteiger partial charge is 0.490 e. The number of aldehydes is 1. The molecule has 0 bridgehead atoms. The molecule has 1 aromatic rings. The lowest BCUT2D eigenvalue weighted by Crippen LogP contribution is -2.38. The maximum atomic E-state index is 11.7. The molecule has 1 rings (SSSR count). The SMILES string of the molecule is CCOc1cc(C=O)ccc1OCC(=O)NC(C)COC. The maximum absolute atomic E-state index is 11.7. The van der Waals surface area contributed by atoms with E-state index in [9.17, 15) is 9.59 Å². The number of carbonyl (C=O) groups excluding carboxylic acids is 2. The fourth-order valence-electron chi connectivity index (χ4n) is 1.74. The van der Waals surface area contributed by atoms with E-state index < -0.39 is 0 Å². The second kappa shape index (κ2) is 8.97. The van der Waals surface area contributed by atoms with Gasteiger partial charge in [-0.3, -0.25) is 9.59 Å². The number of rotatable bonds is 9. The molecule has 21 heavy (non-hydrogen) atoms. The van der Waals surface area contributed by atoms with E-state index >= 15 is 0 Å². The van der Waals surface area contributed by atoms with Crippen LogP contribution in [0.25, 0.3) is 0 Å². The van der Waals surface area contributed by atoms with Gasteiger partial charge >= 0.3 is 0 Å². The average Bonchev–Trinajstić information content (AvgIpc) is 2.46. The van der Waals surface area contributed by atoms with Crippen molar-refractivity contribution in [1.82, 2.24) is 5.32 Å². The highest BCUT2D eigenvalue weighted by molar-refractivity contribution is 5.78. The molecule has 0 heterocycles. The van der Waals surface area contributed by atoms with E-state index in [-0.39, 0.29) is 18.6 Å². The zero-order valence-corrected chi connectivity index (χ0v) is 12.5. The minimum Gasteiger partial charge on any atom is -0.490 e. The quantitative estimate of drug-likeness (QED) is 0.698. The Morgan fingerprint density at radius 1 is 1.33 bits per heavy atom. The molecule has 6 nitrogen and oxygen atoms in total. The van der Waals surface area contributed by atoms with Crippen LogP contribution >= 0.6 is 0 Å². The fourth-order valence-corrected chi connectivity index (χ4v) is 1.74. The molecule has 1 aromatic carbocycles. The van der Waals surface area contributed by atoms with Crippen LogP contribution in [0.15, 0.2) is 18.2 Å². The molecule has 0 saturated carbocycles. The van der Waals surface area contributed by atoms with Crippen LogP contribution in [0.2, 0.25) is 0 Å². The van der Waals surface area contributed by atoms with E-state index in [0.29, 0.717) is 30.3 Å². The summed E-state index contributed by atoms with van der Waals surface area (Å²) in [5.41, 5.74) is 0.490. The molecule has 1 unspecified atom stereocenters. The summed E-state index contributed by atoms with van der Waals surface area (Å²) in [6.07, 6.45) is 0.728. The lowest BCUT2D eigenvalue weighted by atomic mass is 10.2. The van der Waals surface area contributed by atoms with Crippen molar-refractivity contribution in [2.45, 2.75) is 19.9 Å². The zero-order valence-electron chi connectivity index (χ0n) is 12.5. The Bertz CT molecular complexity index is 475. The van der Waals surface area contributed by atoms with Crippen LogP contribution in [-0.2, 0) is 9.53 Å². The molecule has 0 fully saturated rings. The number of benzene rings is 1. The van der Waals surface area contributed by atoms with Gasteiger partial charge in [-0.05, 0) is 32.0 Å². The number of methoxy groups -OCH3 is 1. The van der Waals surface area contributed by atoms with Crippen LogP contribution in [0.5, 0.6) is 11.5 Å². The predicted molar refractivity (Wildman–Crippen MR) is 78.0 cm³/mol. The predicted octanol–water partition coefficient (Wildman–Crippen LogP) is 1.43. The van der Waals surface area contributed by atoms with Gasteiger partial charge in [0.15, 0.2) is 18.1 Å². The second-order valence-electron chi connectivity index (χ2n) is 4.47. The lowest BCUT2D eigenvalue weighted by molar-refractivity contribution is -0.124. The van der Waals surface area contributed by atoms with Gasteiger partial charge in [0.2, 0.25) is 0 Å². The summed E-state index contributed by atoms with van der Waals surface area (Å²) < 4.78 is 15.8. The molecule has 1 N–H and O–H groups in total. The highest BCUT2D eigenvalue weighted by Crippen LogP contribution is 2.27. The van der Waals surface area contributed by atoms with Crippen molar-refractivity contribution in [2.75, 3.05) is 26.9 Å². The standard InChI is InChI=1S/C15H21NO5/c1-4-20-14-7-12(8-17)5-6-13(14)21-10-15(18)16-11(2)9-19-3/h5-8,11H,4,9-10H2,1-3H3,(H,16,18). The Labute approximate surface area is 124 Å². The molecule has 1 atom stereocenters. The highest BCUT2D eigenvalue weighted by atomic mass is 16.5. The molecule has 0 aliphatic carbocycles. The monoisotopic (exact) mass is 295 g/mol. The Kier molecular flexibility index (Phi) is 7.25. The number of hydrogen-bond acceptors (Lipinski definition) is 5. The van der Waals surface area contributed by atoms with E-state index in [4.69, 9.17) is 14.2 Å². The summed E-state index contributed by atoms with van der Waals surface area (Å²) in [6.45, 7) is 4.41. The maximum Gasteiger partial charge on any atom is 0.258 e. The van der Waals surface area contributed by atoms with Crippen LogP contribution in [0.4, 0.5) is 0 Å². The number of ether oxygens (including phenoxy) is 3. The van der Waals surface area contributed by atoms with Gasteiger partial charge in [-0.2, -0.15) is 0 Å². The molecular weight excluding hydrogens is 274 g/mol. The number of amides is 1. The fraction of sp³-hybridized carbons (Fsp3) is 0.467. The van der Waals surface area contributed by atoms with Gasteiger partial charge in [-0.1, -0.05) is 0 Å². The van der Waals surface area contributed by atoms with Gasteiger partial charge in [0.25, 0.3) is 5.91 Å². The van der Waals surface area contributed by atoms with Gasteiger partial charge in [-0.15, -0.1) is 0 Å². The molecule has 0 aliphatic rings. The first kappa shape index (κ1) is 17.0. The van der Waals surface area contributed by atoms with Crippen molar-refractivity contribution in [3.63, 3.8) is 0 Å². The van der Waals surface area contributed by atoms with Crippen molar-refractivity contribution in [3.8, 4) is 11.5 Å². The van der Waals surface area contributed by atoms with Gasteiger partial charge in [-0.25, -0.2) is 0 Å². The van der Waals surface area contributed by atoms with Gasteiger partial charge in [0.1, 0.15) is 6.29 Å². The minimum atomic E-state index is -0.249. The van der Waals surface area contributed by atoms with Crippen LogP contribution in [-0.4, -0.2) is 45.2 Å². The zero-order chi connectivity index (χ0) is 15.7. The normalized spacial score (nSPS) is 11.6. The number of carbonyl (C=O) groups is 2. The molecule has 116 valence electrons. The van der Waals surface area contributed by atoms with Gasteiger partial charge < -0.3 is 19.5 Å². The van der Waals surface area contributed by atoms with Crippen molar-refractivity contribution in [3.05, 3.63) is 23.8 Å². The Balaban J connectivity index is 2.61. The third kappa shape index (κ3) is 5.83. The van der Waals surface area contributed by atoms with Gasteiger partial charge in [0.05, 0.1) is 13.2 Å². The summed E-state index contributed by atoms with van der Waals surface area (Å²) in [7, 11) is 1.57. The second-order valence-corrected chi connectivity index (χ2v) is 4.47. The molecule has 0 saturated heterocycles. The Morgan fingerprint density at radius 3 is 2.71 bits per heavy atom. The van der Waals surface area contributed by atoms with Crippen LogP contribution in [0.1, 0.15) is 24.2 Å². The summed E-state index contributed by atoms with van der Waals surface area (Å²) in [5, 5.41) is 2.74.